The summed E-state index contributed by atoms with van der Waals surface area (Å²) in [6.07, 6.45) is 14.2. The van der Waals surface area contributed by atoms with Crippen LogP contribution >= 0.6 is 10.7 Å². The van der Waals surface area contributed by atoms with Gasteiger partial charge in [-0.05, 0) is 67.0 Å². The van der Waals surface area contributed by atoms with Crippen LogP contribution in [0.1, 0.15) is 77.4 Å². The van der Waals surface area contributed by atoms with Gasteiger partial charge in [0, 0.05) is 90.7 Å². The molecule has 6 heterocycles. The number of halogens is 1. The van der Waals surface area contributed by atoms with E-state index in [1.165, 1.54) is 19.1 Å². The molecule has 9 N–H and O–H groups in total. The maximum Gasteiger partial charge on any atom is 0.263 e. The molecular weight excluding hydrogens is 1210 g/mol. The van der Waals surface area contributed by atoms with E-state index in [-0.39, 0.29) is 32.8 Å². The fourth-order valence-corrected chi connectivity index (χ4v) is 10.8. The number of fused-ring (bicyclic) bond motifs is 4. The monoisotopic (exact) mass is 1280 g/mol. The van der Waals surface area contributed by atoms with E-state index >= 15 is 0 Å². The topological polar surface area (TPSA) is 310 Å². The summed E-state index contributed by atoms with van der Waals surface area (Å²) in [5.41, 5.74) is 18.2. The summed E-state index contributed by atoms with van der Waals surface area (Å²) >= 11 is 0. The highest BCUT2D eigenvalue weighted by molar-refractivity contribution is 8.13. The van der Waals surface area contributed by atoms with Gasteiger partial charge in [0.2, 0.25) is 0 Å². The Hall–Kier alpha value is -10.2. The molecule has 0 fully saturated rings. The molecular formula is C68H72ClN15O5S2. The summed E-state index contributed by atoms with van der Waals surface area (Å²) < 4.78 is 54.0. The molecule has 0 saturated carbocycles. The molecule has 0 aliphatic carbocycles. The number of sulfonamides is 1. The first-order chi connectivity index (χ1) is 43.2. The fourth-order valence-electron chi connectivity index (χ4n) is 9.03. The zero-order valence-corrected chi connectivity index (χ0v) is 54.2. The quantitative estimate of drug-likeness (QED) is 0.0444. The molecule has 0 unspecified atom stereocenters. The number of carbonyl (C=O) groups excluding carboxylic acids is 1. The average molecular weight is 1280 g/mol. The third-order valence-corrected chi connectivity index (χ3v) is 16.4. The van der Waals surface area contributed by atoms with Crippen LogP contribution in [0.5, 0.6) is 0 Å². The molecule has 0 aliphatic rings. The first kappa shape index (κ1) is 68.3. The highest BCUT2D eigenvalue weighted by atomic mass is 35.7. The highest BCUT2D eigenvalue weighted by Crippen LogP contribution is 2.30. The molecule has 0 radical (unpaired) electrons. The number of ketones is 1. The maximum atomic E-state index is 13.1. The van der Waals surface area contributed by atoms with Gasteiger partial charge >= 0.3 is 0 Å². The zero-order chi connectivity index (χ0) is 66.1. The number of nitrogen functional groups attached to an aromatic ring is 3. The van der Waals surface area contributed by atoms with Crippen LogP contribution in [0.25, 0.3) is 54.5 Å². The molecule has 6 aromatic heterocycles. The number of nitrogens with zero attached hydrogens (tertiary/aromatic N) is 9. The normalized spacial score (nSPS) is 11.2. The van der Waals surface area contributed by atoms with Crippen LogP contribution in [-0.2, 0) is 34.7 Å². The summed E-state index contributed by atoms with van der Waals surface area (Å²) in [6.45, 7) is 17.6. The number of anilines is 4. The number of hydrazine groups is 2. The Morgan fingerprint density at radius 1 is 0.527 bits per heavy atom. The second-order valence-corrected chi connectivity index (χ2v) is 26.9. The number of benzene rings is 6. The first-order valence-electron chi connectivity index (χ1n) is 28.4. The summed E-state index contributed by atoms with van der Waals surface area (Å²) in [5.74, 6) is 11.6. The first-order valence-corrected chi connectivity index (χ1v) is 32.2. The Bertz CT molecular complexity index is 4630. The molecule has 20 nitrogen and oxygen atoms in total. The predicted molar refractivity (Wildman–Crippen MR) is 366 cm³/mol. The third-order valence-electron chi connectivity index (χ3n) is 13.7. The van der Waals surface area contributed by atoms with E-state index in [0.717, 1.165) is 77.0 Å². The fraction of sp³-hybridized carbons (Fsp3) is 0.176. The largest absolute Gasteiger partial charge is 0.384 e. The zero-order valence-electron chi connectivity index (χ0n) is 51.8. The van der Waals surface area contributed by atoms with E-state index in [1.807, 2.05) is 148 Å². The lowest BCUT2D eigenvalue weighted by atomic mass is 9.87. The van der Waals surface area contributed by atoms with Crippen molar-refractivity contribution in [1.29, 1.82) is 5.26 Å². The Labute approximate surface area is 534 Å². The summed E-state index contributed by atoms with van der Waals surface area (Å²) in [6, 6.07) is 50.7. The van der Waals surface area contributed by atoms with E-state index < -0.39 is 19.1 Å². The summed E-state index contributed by atoms with van der Waals surface area (Å²) in [4.78, 5) is 26.8. The smallest absolute Gasteiger partial charge is 0.263 e. The standard InChI is InChI=1S/C23H24N4O2S.C13H12N4.C10H13ClO2S.2C9H9N3.C4H5NO/c1-16-13-22(26-30(28,29)19-11-9-18(10-12-19)23(2,3)4)27(25-16)21-15-24-14-17-7-5-6-8-20(17)21;1-9-6-13(14)17(16-9)12-8-15-7-10-4-2-3-5-11(10)12;1-10(2,3)8-4-6-9(7-5-8)14(11,12)13;2*10-12-9-6-11-5-7-3-1-2-4-8(7)9;1-4(6)2-3-5/h5-15,26H,1-4H3;2-8H,14H2,1H3;4-7H,1-3H3;2*1-6,12H,10H2;2H2,1H3. The summed E-state index contributed by atoms with van der Waals surface area (Å²) in [5, 5.41) is 25.1. The van der Waals surface area contributed by atoms with Crippen LogP contribution < -0.4 is 33.0 Å². The van der Waals surface area contributed by atoms with Gasteiger partial charge in [-0.25, -0.2) is 26.2 Å². The van der Waals surface area contributed by atoms with E-state index in [0.29, 0.717) is 23.0 Å². The number of hydrogen-bond donors (Lipinski definition) is 6. The maximum absolute atomic E-state index is 13.1. The minimum absolute atomic E-state index is 0.0224. The molecule has 91 heavy (non-hydrogen) atoms. The third kappa shape index (κ3) is 18.5. The second kappa shape index (κ2) is 30.4. The molecule has 468 valence electrons. The minimum atomic E-state index is -3.78. The minimum Gasteiger partial charge on any atom is -0.384 e. The Kier molecular flexibility index (Phi) is 22.8. The van der Waals surface area contributed by atoms with Crippen molar-refractivity contribution in [1.82, 2.24) is 39.5 Å². The number of carbonyl (C=O) groups is 1. The second-order valence-electron chi connectivity index (χ2n) is 22.7. The molecule has 6 aromatic carbocycles. The SMILES string of the molecule is CC(=O)CC#N.CC(C)(C)c1ccc(S(=O)(=O)Cl)cc1.Cc1cc(N)n(-c2cncc3ccccc23)n1.Cc1cc(NS(=O)(=O)c2ccc(C(C)(C)C)cc2)n(-c2cncc3ccccc23)n1.NNc1cncc2ccccc12.NNc1cncc2ccccc12. The van der Waals surface area contributed by atoms with Crippen molar-refractivity contribution in [2.75, 3.05) is 21.3 Å². The Balaban J connectivity index is 0.000000166. The van der Waals surface area contributed by atoms with Gasteiger partial charge in [0.25, 0.3) is 19.1 Å². The van der Waals surface area contributed by atoms with Gasteiger partial charge in [0.05, 0.1) is 81.2 Å². The van der Waals surface area contributed by atoms with Crippen LogP contribution in [0.15, 0.2) is 217 Å². The molecule has 12 rings (SSSR count). The van der Waals surface area contributed by atoms with Crippen LogP contribution in [0.2, 0.25) is 0 Å². The Morgan fingerprint density at radius 2 is 0.890 bits per heavy atom. The number of nitrogens with one attached hydrogen (secondary N) is 3. The van der Waals surface area contributed by atoms with Crippen molar-refractivity contribution in [2.24, 2.45) is 11.7 Å². The number of aryl methyl sites for hydroxylation is 2. The van der Waals surface area contributed by atoms with Crippen molar-refractivity contribution in [2.45, 2.75) is 89.4 Å². The number of pyridine rings is 4. The molecule has 0 aliphatic heterocycles. The lowest BCUT2D eigenvalue weighted by Crippen LogP contribution is -2.17. The van der Waals surface area contributed by atoms with Crippen molar-refractivity contribution in [3.8, 4) is 17.4 Å². The molecule has 0 bridgehead atoms. The van der Waals surface area contributed by atoms with Gasteiger partial charge in [-0.15, -0.1) is 0 Å². The summed E-state index contributed by atoms with van der Waals surface area (Å²) in [7, 11) is -2.17. The lowest BCUT2D eigenvalue weighted by Gasteiger charge is -2.19. The van der Waals surface area contributed by atoms with Crippen LogP contribution in [0, 0.1) is 25.2 Å². The van der Waals surface area contributed by atoms with Gasteiger partial charge in [0.1, 0.15) is 17.4 Å². The average Bonchev–Trinajstić information content (AvgIpc) is 1.84. The number of aromatic nitrogens is 8. The van der Waals surface area contributed by atoms with E-state index in [2.05, 4.69) is 87.2 Å². The molecule has 0 saturated heterocycles. The van der Waals surface area contributed by atoms with Gasteiger partial charge in [-0.1, -0.05) is 163 Å². The van der Waals surface area contributed by atoms with E-state index in [1.54, 1.807) is 76.7 Å². The number of nitriles is 1. The van der Waals surface area contributed by atoms with Gasteiger partial charge in [-0.3, -0.25) is 41.1 Å². The van der Waals surface area contributed by atoms with Crippen LogP contribution in [0.3, 0.4) is 0 Å². The van der Waals surface area contributed by atoms with Crippen molar-refractivity contribution in [3.05, 3.63) is 230 Å². The van der Waals surface area contributed by atoms with Gasteiger partial charge in [-0.2, -0.15) is 15.5 Å². The van der Waals surface area contributed by atoms with Crippen molar-refractivity contribution >= 4 is 102 Å². The van der Waals surface area contributed by atoms with Crippen molar-refractivity contribution < 1.29 is 21.6 Å². The van der Waals surface area contributed by atoms with Gasteiger partial charge < -0.3 is 16.6 Å². The predicted octanol–water partition coefficient (Wildman–Crippen LogP) is 13.6. The number of hydrogen-bond acceptors (Lipinski definition) is 17. The molecule has 0 spiro atoms. The molecule has 0 atom stereocenters. The number of rotatable bonds is 9. The number of Topliss-reactive ketones (excluding diaryl/α,β-unsaturated/α-hetero) is 1. The number of nitrogens with two attached hydrogens (primary N) is 3. The van der Waals surface area contributed by atoms with E-state index in [9.17, 15) is 21.6 Å². The van der Waals surface area contributed by atoms with Crippen LogP contribution in [0.4, 0.5) is 23.0 Å². The van der Waals surface area contributed by atoms with Crippen molar-refractivity contribution in [3.63, 3.8) is 0 Å². The van der Waals surface area contributed by atoms with E-state index in [4.69, 9.17) is 33.4 Å². The Morgan fingerprint density at radius 3 is 1.25 bits per heavy atom. The van der Waals surface area contributed by atoms with Crippen LogP contribution in [-0.4, -0.2) is 62.1 Å². The molecule has 12 aromatic rings. The lowest BCUT2D eigenvalue weighted by molar-refractivity contribution is -0.116. The van der Waals surface area contributed by atoms with Gasteiger partial charge in [0.15, 0.2) is 0 Å². The highest BCUT2D eigenvalue weighted by Gasteiger charge is 2.22. The molecule has 0 amide bonds. The molecule has 23 heteroatoms.